The number of rotatable bonds is 2. The van der Waals surface area contributed by atoms with Crippen molar-refractivity contribution >= 4 is 6.21 Å². The van der Waals surface area contributed by atoms with E-state index in [1.807, 2.05) is 32.3 Å². The number of hydrogen-bond donors (Lipinski definition) is 0. The van der Waals surface area contributed by atoms with E-state index in [2.05, 4.69) is 18.8 Å². The molecule has 1 nitrogen and oxygen atoms in total. The van der Waals surface area contributed by atoms with Gasteiger partial charge in [-0.1, -0.05) is 11.1 Å². The lowest BCUT2D eigenvalue weighted by molar-refractivity contribution is 1.34. The van der Waals surface area contributed by atoms with Gasteiger partial charge in [-0.05, 0) is 33.8 Å². The van der Waals surface area contributed by atoms with Gasteiger partial charge >= 0.3 is 0 Å². The molecule has 0 atom stereocenters. The lowest BCUT2D eigenvalue weighted by Crippen LogP contribution is -1.67. The second kappa shape index (κ2) is 4.98. The standard InChI is InChI=1S/C9H15N/c1-8(2)5-6-10-7-9(3)4/h5-7H,1-4H3. The fraction of sp³-hybridized carbons (Fsp3) is 0.444. The second-order valence-electron chi connectivity index (χ2n) is 2.75. The molecule has 0 aliphatic heterocycles. The summed E-state index contributed by atoms with van der Waals surface area (Å²) in [6.07, 6.45) is 5.64. The second-order valence-corrected chi connectivity index (χ2v) is 2.75. The van der Waals surface area contributed by atoms with Crippen LogP contribution in [0.1, 0.15) is 27.7 Å². The van der Waals surface area contributed by atoms with Crippen LogP contribution in [0.4, 0.5) is 0 Å². The van der Waals surface area contributed by atoms with Crippen LogP contribution in [0.5, 0.6) is 0 Å². The number of aliphatic imine (C=N–C) groups is 1. The molecule has 0 fully saturated rings. The van der Waals surface area contributed by atoms with E-state index in [1.165, 1.54) is 11.1 Å². The Kier molecular flexibility index (Phi) is 4.55. The zero-order valence-electron chi connectivity index (χ0n) is 7.18. The van der Waals surface area contributed by atoms with Crippen molar-refractivity contribution in [1.29, 1.82) is 0 Å². The molecule has 0 aromatic rings. The van der Waals surface area contributed by atoms with E-state index in [0.29, 0.717) is 0 Å². The third kappa shape index (κ3) is 7.15. The molecule has 0 saturated carbocycles. The summed E-state index contributed by atoms with van der Waals surface area (Å²) in [5, 5.41) is 0. The van der Waals surface area contributed by atoms with Crippen molar-refractivity contribution in [2.75, 3.05) is 0 Å². The summed E-state index contributed by atoms with van der Waals surface area (Å²) in [6.45, 7) is 8.16. The Morgan fingerprint density at radius 2 is 1.60 bits per heavy atom. The van der Waals surface area contributed by atoms with E-state index in [-0.39, 0.29) is 0 Å². The van der Waals surface area contributed by atoms with Gasteiger partial charge < -0.3 is 0 Å². The first-order valence-corrected chi connectivity index (χ1v) is 3.43. The molecule has 0 aliphatic carbocycles. The molecule has 0 radical (unpaired) electrons. The lowest BCUT2D eigenvalue weighted by Gasteiger charge is -1.82. The maximum atomic E-state index is 4.05. The highest BCUT2D eigenvalue weighted by atomic mass is 14.7. The van der Waals surface area contributed by atoms with E-state index < -0.39 is 0 Å². The molecule has 0 amide bonds. The van der Waals surface area contributed by atoms with E-state index in [9.17, 15) is 0 Å². The maximum Gasteiger partial charge on any atom is 0.0267 e. The fourth-order valence-electron chi connectivity index (χ4n) is 0.384. The van der Waals surface area contributed by atoms with Gasteiger partial charge in [-0.15, -0.1) is 0 Å². The van der Waals surface area contributed by atoms with Gasteiger partial charge in [-0.25, -0.2) is 0 Å². The van der Waals surface area contributed by atoms with E-state index in [1.54, 1.807) is 0 Å². The van der Waals surface area contributed by atoms with Gasteiger partial charge in [0.2, 0.25) is 0 Å². The van der Waals surface area contributed by atoms with Gasteiger partial charge in [-0.2, -0.15) is 0 Å². The van der Waals surface area contributed by atoms with Crippen LogP contribution >= 0.6 is 0 Å². The van der Waals surface area contributed by atoms with Crippen molar-refractivity contribution in [3.8, 4) is 0 Å². The largest absolute Gasteiger partial charge is 0.265 e. The molecule has 0 unspecified atom stereocenters. The average Bonchev–Trinajstić information content (AvgIpc) is 1.79. The average molecular weight is 137 g/mol. The highest BCUT2D eigenvalue weighted by molar-refractivity contribution is 5.72. The topological polar surface area (TPSA) is 12.4 Å². The molecule has 0 N–H and O–H groups in total. The van der Waals surface area contributed by atoms with Gasteiger partial charge in [0.25, 0.3) is 0 Å². The number of hydrogen-bond acceptors (Lipinski definition) is 1. The number of allylic oxidation sites excluding steroid dienone is 3. The van der Waals surface area contributed by atoms with Crippen molar-refractivity contribution in [3.05, 3.63) is 23.4 Å². The van der Waals surface area contributed by atoms with Crippen LogP contribution in [-0.4, -0.2) is 6.21 Å². The third-order valence-corrected chi connectivity index (χ3v) is 0.827. The van der Waals surface area contributed by atoms with Crippen LogP contribution in [0, 0.1) is 0 Å². The van der Waals surface area contributed by atoms with E-state index in [0.717, 1.165) is 0 Å². The molecule has 0 aliphatic rings. The molecule has 0 heterocycles. The smallest absolute Gasteiger partial charge is 0.0267 e. The first-order chi connectivity index (χ1) is 4.63. The number of nitrogens with zero attached hydrogens (tertiary/aromatic N) is 1. The molecule has 0 aromatic heterocycles. The minimum Gasteiger partial charge on any atom is -0.265 e. The summed E-state index contributed by atoms with van der Waals surface area (Å²) in [4.78, 5) is 4.05. The molecular formula is C9H15N. The Morgan fingerprint density at radius 3 is 2.00 bits per heavy atom. The minimum atomic E-state index is 1.22. The van der Waals surface area contributed by atoms with Crippen LogP contribution in [0.15, 0.2) is 28.4 Å². The molecule has 0 rings (SSSR count). The first kappa shape index (κ1) is 9.15. The Labute approximate surface area is 63.2 Å². The quantitative estimate of drug-likeness (QED) is 0.519. The molecule has 0 spiro atoms. The van der Waals surface area contributed by atoms with Crippen molar-refractivity contribution in [2.45, 2.75) is 27.7 Å². The molecule has 0 bridgehead atoms. The monoisotopic (exact) mass is 137 g/mol. The maximum absolute atomic E-state index is 4.05. The summed E-state index contributed by atoms with van der Waals surface area (Å²) in [6, 6.07) is 0. The molecule has 0 aromatic carbocycles. The Bertz CT molecular complexity index is 145. The Balaban J connectivity index is 3.80. The van der Waals surface area contributed by atoms with Crippen molar-refractivity contribution in [2.24, 2.45) is 4.99 Å². The van der Waals surface area contributed by atoms with Crippen molar-refractivity contribution in [3.63, 3.8) is 0 Å². The van der Waals surface area contributed by atoms with E-state index >= 15 is 0 Å². The van der Waals surface area contributed by atoms with Gasteiger partial charge in [0.05, 0.1) is 0 Å². The Morgan fingerprint density at radius 1 is 1.00 bits per heavy atom. The van der Waals surface area contributed by atoms with Gasteiger partial charge in [-0.3, -0.25) is 4.99 Å². The molecule has 10 heavy (non-hydrogen) atoms. The predicted octanol–water partition coefficient (Wildman–Crippen LogP) is 2.95. The van der Waals surface area contributed by atoms with Crippen LogP contribution in [0.3, 0.4) is 0 Å². The SMILES string of the molecule is CC(C)=CC=NC=C(C)C. The van der Waals surface area contributed by atoms with Crippen LogP contribution < -0.4 is 0 Å². The van der Waals surface area contributed by atoms with Crippen molar-refractivity contribution < 1.29 is 0 Å². The van der Waals surface area contributed by atoms with E-state index in [4.69, 9.17) is 0 Å². The summed E-state index contributed by atoms with van der Waals surface area (Å²) in [5.41, 5.74) is 2.49. The molecule has 0 saturated heterocycles. The highest BCUT2D eigenvalue weighted by Gasteiger charge is 1.71. The van der Waals surface area contributed by atoms with Crippen LogP contribution in [0.25, 0.3) is 0 Å². The summed E-state index contributed by atoms with van der Waals surface area (Å²) >= 11 is 0. The zero-order valence-corrected chi connectivity index (χ0v) is 7.18. The Hall–Kier alpha value is -0.850. The lowest BCUT2D eigenvalue weighted by atomic mass is 10.3. The fourth-order valence-corrected chi connectivity index (χ4v) is 0.384. The van der Waals surface area contributed by atoms with Gasteiger partial charge in [0.15, 0.2) is 0 Å². The minimum absolute atomic E-state index is 1.22. The molecular weight excluding hydrogens is 122 g/mol. The van der Waals surface area contributed by atoms with Crippen LogP contribution in [0.2, 0.25) is 0 Å². The van der Waals surface area contributed by atoms with Crippen LogP contribution in [-0.2, 0) is 0 Å². The predicted molar refractivity (Wildman–Crippen MR) is 47.4 cm³/mol. The van der Waals surface area contributed by atoms with Crippen molar-refractivity contribution in [1.82, 2.24) is 0 Å². The zero-order chi connectivity index (χ0) is 7.98. The summed E-state index contributed by atoms with van der Waals surface area (Å²) in [7, 11) is 0. The summed E-state index contributed by atoms with van der Waals surface area (Å²) < 4.78 is 0. The molecule has 1 heteroatoms. The third-order valence-electron chi connectivity index (χ3n) is 0.827. The van der Waals surface area contributed by atoms with Gasteiger partial charge in [0.1, 0.15) is 0 Å². The normalized spacial score (nSPS) is 9.60. The first-order valence-electron chi connectivity index (χ1n) is 3.43. The molecule has 56 valence electrons. The summed E-state index contributed by atoms with van der Waals surface area (Å²) in [5.74, 6) is 0. The van der Waals surface area contributed by atoms with Gasteiger partial charge in [0, 0.05) is 12.4 Å². The highest BCUT2D eigenvalue weighted by Crippen LogP contribution is 1.88.